The van der Waals surface area contributed by atoms with Crippen LogP contribution in [0.4, 0.5) is 23.2 Å². The lowest BCUT2D eigenvalue weighted by Crippen LogP contribution is -2.54. The quantitative estimate of drug-likeness (QED) is 0.301. The average molecular weight is 549 g/mol. The number of carbonyl (C=O) groups is 2. The number of benzene rings is 2. The topological polar surface area (TPSA) is 126 Å². The van der Waals surface area contributed by atoms with Gasteiger partial charge in [-0.05, 0) is 23.3 Å². The fraction of sp³-hybridized carbons (Fsp3) is 0.304. The van der Waals surface area contributed by atoms with Crippen molar-refractivity contribution in [1.82, 2.24) is 0 Å². The summed E-state index contributed by atoms with van der Waals surface area (Å²) in [7, 11) is 5.44. The van der Waals surface area contributed by atoms with Gasteiger partial charge in [-0.15, -0.1) is 0 Å². The van der Waals surface area contributed by atoms with Gasteiger partial charge in [-0.25, -0.2) is 4.79 Å². The van der Waals surface area contributed by atoms with Crippen LogP contribution in [0.25, 0.3) is 6.08 Å². The summed E-state index contributed by atoms with van der Waals surface area (Å²) in [5.41, 5.74) is 0.259. The number of halogens is 4. The Kier molecular flexibility index (Phi) is 9.64. The van der Waals surface area contributed by atoms with E-state index in [0.29, 0.717) is 22.8 Å². The van der Waals surface area contributed by atoms with Crippen molar-refractivity contribution in [2.45, 2.75) is 17.6 Å². The third-order valence-corrected chi connectivity index (χ3v) is 5.97. The highest BCUT2D eigenvalue weighted by atomic mass is 32.2. The van der Waals surface area contributed by atoms with Crippen molar-refractivity contribution in [1.29, 1.82) is 0 Å². The minimum Gasteiger partial charge on any atom is -0.612 e. The van der Waals surface area contributed by atoms with E-state index < -0.39 is 40.6 Å². The Hall–Kier alpha value is -3.65. The number of rotatable bonds is 12. The van der Waals surface area contributed by atoms with Crippen LogP contribution in [0.5, 0.6) is 23.0 Å². The first-order chi connectivity index (χ1) is 17.3. The smallest absolute Gasteiger partial charge is 0.413 e. The number of carboxylic acids is 1. The number of carboxylic acid groups (broad SMARTS) is 1. The molecule has 0 aliphatic heterocycles. The Morgan fingerprint density at radius 3 is 2.00 bits per heavy atom. The zero-order chi connectivity index (χ0) is 28.0. The molecule has 0 saturated carbocycles. The number of methoxy groups -OCH3 is 4. The van der Waals surface area contributed by atoms with Gasteiger partial charge < -0.3 is 33.9 Å². The highest BCUT2D eigenvalue weighted by Crippen LogP contribution is 2.37. The molecule has 2 aromatic rings. The third kappa shape index (κ3) is 6.57. The predicted molar refractivity (Wildman–Crippen MR) is 126 cm³/mol. The maximum Gasteiger partial charge on any atom is 0.413 e. The summed E-state index contributed by atoms with van der Waals surface area (Å²) >= 11 is -1.69. The molecule has 0 spiro atoms. The summed E-state index contributed by atoms with van der Waals surface area (Å²) < 4.78 is 87.8. The number of carbonyl (C=O) groups excluding carboxylic acids is 1. The standard InChI is InChI=1S/C23H23F4NO8S/c1-33-14-10-18(35-3)15(19(11-14)36-4)7-8-37(32)12-13-5-6-17(34-2)16(9-13)28-20(29)22(24,25)23(26,27)21(30)31/h5-11H,12H2,1-4H3,(H,28,29)(H,30,31). The van der Waals surface area contributed by atoms with E-state index in [2.05, 4.69) is 0 Å². The number of nitrogens with one attached hydrogen (secondary N) is 1. The zero-order valence-electron chi connectivity index (χ0n) is 20.0. The van der Waals surface area contributed by atoms with E-state index in [9.17, 15) is 31.7 Å². The van der Waals surface area contributed by atoms with Crippen molar-refractivity contribution < 1.29 is 55.8 Å². The molecule has 0 aliphatic rings. The molecule has 2 rings (SSSR count). The molecule has 2 aromatic carbocycles. The second-order valence-corrected chi connectivity index (χ2v) is 8.54. The van der Waals surface area contributed by atoms with Gasteiger partial charge >= 0.3 is 23.7 Å². The zero-order valence-corrected chi connectivity index (χ0v) is 20.8. The number of hydrogen-bond donors (Lipinski definition) is 2. The van der Waals surface area contributed by atoms with Crippen LogP contribution in [0.15, 0.2) is 35.7 Å². The molecule has 0 aliphatic carbocycles. The van der Waals surface area contributed by atoms with Crippen molar-refractivity contribution in [3.8, 4) is 23.0 Å². The summed E-state index contributed by atoms with van der Waals surface area (Å²) in [5, 5.41) is 11.2. The van der Waals surface area contributed by atoms with E-state index >= 15 is 0 Å². The molecule has 0 heterocycles. The summed E-state index contributed by atoms with van der Waals surface area (Å²) in [6.45, 7) is 0. The lowest BCUT2D eigenvalue weighted by Gasteiger charge is -2.22. The minimum absolute atomic E-state index is 0.175. The van der Waals surface area contributed by atoms with Crippen LogP contribution in [0.2, 0.25) is 0 Å². The van der Waals surface area contributed by atoms with Crippen LogP contribution in [0, 0.1) is 0 Å². The second-order valence-electron chi connectivity index (χ2n) is 7.22. The average Bonchev–Trinajstić information content (AvgIpc) is 2.86. The molecular formula is C23H23F4NO8S. The van der Waals surface area contributed by atoms with Gasteiger partial charge in [-0.3, -0.25) is 4.79 Å². The molecule has 0 radical (unpaired) electrons. The highest BCUT2D eigenvalue weighted by Gasteiger charge is 2.67. The molecule has 1 unspecified atom stereocenters. The molecular weight excluding hydrogens is 526 g/mol. The lowest BCUT2D eigenvalue weighted by molar-refractivity contribution is -0.219. The van der Waals surface area contributed by atoms with Crippen molar-refractivity contribution in [3.63, 3.8) is 0 Å². The monoisotopic (exact) mass is 549 g/mol. The van der Waals surface area contributed by atoms with Crippen molar-refractivity contribution >= 4 is 34.8 Å². The second kappa shape index (κ2) is 12.1. The maximum absolute atomic E-state index is 13.8. The van der Waals surface area contributed by atoms with Crippen LogP contribution < -0.4 is 24.3 Å². The highest BCUT2D eigenvalue weighted by molar-refractivity contribution is 7.93. The number of hydrogen-bond acceptors (Lipinski definition) is 7. The number of ether oxygens (including phenoxy) is 4. The Bertz CT molecular complexity index is 1150. The van der Waals surface area contributed by atoms with Crippen molar-refractivity contribution in [2.24, 2.45) is 0 Å². The van der Waals surface area contributed by atoms with Gasteiger partial charge in [0, 0.05) is 23.8 Å². The van der Waals surface area contributed by atoms with Gasteiger partial charge in [0.15, 0.2) is 0 Å². The molecule has 1 amide bonds. The molecule has 2 N–H and O–H groups in total. The Labute approximate surface area is 212 Å². The summed E-state index contributed by atoms with van der Waals surface area (Å²) in [6.07, 6.45) is 1.48. The molecule has 202 valence electrons. The van der Waals surface area contributed by atoms with Gasteiger partial charge in [0.05, 0.1) is 39.7 Å². The van der Waals surface area contributed by atoms with E-state index in [0.717, 1.165) is 13.2 Å². The molecule has 14 heteroatoms. The Morgan fingerprint density at radius 1 is 0.946 bits per heavy atom. The van der Waals surface area contributed by atoms with Crippen LogP contribution in [-0.4, -0.2) is 61.8 Å². The fourth-order valence-electron chi connectivity index (χ4n) is 2.97. The van der Waals surface area contributed by atoms with Crippen LogP contribution >= 0.6 is 0 Å². The largest absolute Gasteiger partial charge is 0.612 e. The maximum atomic E-state index is 13.8. The Balaban J connectivity index is 2.28. The van der Waals surface area contributed by atoms with Gasteiger partial charge in [-0.1, -0.05) is 6.07 Å². The van der Waals surface area contributed by atoms with E-state index in [4.69, 9.17) is 24.1 Å². The first-order valence-electron chi connectivity index (χ1n) is 10.1. The van der Waals surface area contributed by atoms with Crippen LogP contribution in [0.1, 0.15) is 11.1 Å². The van der Waals surface area contributed by atoms with Gasteiger partial charge in [0.25, 0.3) is 0 Å². The van der Waals surface area contributed by atoms with Gasteiger partial charge in [-0.2, -0.15) is 17.6 Å². The van der Waals surface area contributed by atoms with Crippen molar-refractivity contribution in [2.75, 3.05) is 33.8 Å². The van der Waals surface area contributed by atoms with E-state index in [1.165, 1.54) is 44.9 Å². The Morgan fingerprint density at radius 2 is 1.51 bits per heavy atom. The fourth-order valence-corrected chi connectivity index (χ4v) is 3.87. The summed E-state index contributed by atoms with van der Waals surface area (Å²) in [6, 6.07) is 6.92. The predicted octanol–water partition coefficient (Wildman–Crippen LogP) is 3.93. The van der Waals surface area contributed by atoms with Gasteiger partial charge in [0.1, 0.15) is 34.2 Å². The minimum atomic E-state index is -5.65. The number of amides is 1. The van der Waals surface area contributed by atoms with Crippen molar-refractivity contribution in [3.05, 3.63) is 46.9 Å². The first kappa shape index (κ1) is 29.6. The molecule has 0 fully saturated rings. The summed E-state index contributed by atoms with van der Waals surface area (Å²) in [5.74, 6) is -16.1. The number of anilines is 1. The van der Waals surface area contributed by atoms with Gasteiger partial charge in [0.2, 0.25) is 0 Å². The molecule has 37 heavy (non-hydrogen) atoms. The van der Waals surface area contributed by atoms with Crippen LogP contribution in [0.3, 0.4) is 0 Å². The molecule has 9 nitrogen and oxygen atoms in total. The number of alkyl halides is 4. The normalized spacial score (nSPS) is 12.7. The SMILES string of the molecule is COc1cc(OC)c(C=C[S+]([O-])Cc2ccc(OC)c(NC(=O)C(F)(F)C(F)(F)C(=O)O)c2)c(OC)c1. The molecule has 0 aromatic heterocycles. The first-order valence-corrected chi connectivity index (χ1v) is 11.5. The summed E-state index contributed by atoms with van der Waals surface area (Å²) in [4.78, 5) is 22.4. The van der Waals surface area contributed by atoms with E-state index in [-0.39, 0.29) is 17.1 Å². The van der Waals surface area contributed by atoms with Crippen LogP contribution in [-0.2, 0) is 26.5 Å². The lowest BCUT2D eigenvalue weighted by atomic mass is 10.1. The molecule has 1 atom stereocenters. The molecule has 0 bridgehead atoms. The van der Waals surface area contributed by atoms with E-state index in [1.54, 1.807) is 17.4 Å². The third-order valence-electron chi connectivity index (χ3n) is 4.91. The number of aliphatic carboxylic acids is 1. The van der Waals surface area contributed by atoms with E-state index in [1.807, 2.05) is 0 Å². The molecule has 0 saturated heterocycles.